The summed E-state index contributed by atoms with van der Waals surface area (Å²) in [7, 11) is 0. The van der Waals surface area contributed by atoms with E-state index in [1.54, 1.807) is 0 Å². The summed E-state index contributed by atoms with van der Waals surface area (Å²) in [5.74, 6) is 1.98. The van der Waals surface area contributed by atoms with Crippen LogP contribution in [0.5, 0.6) is 5.75 Å². The summed E-state index contributed by atoms with van der Waals surface area (Å²) in [5, 5.41) is 2.94. The zero-order valence-corrected chi connectivity index (χ0v) is 13.5. The van der Waals surface area contributed by atoms with Gasteiger partial charge in [0.05, 0.1) is 13.2 Å². The Kier molecular flexibility index (Phi) is 6.21. The molecule has 0 spiro atoms. The largest absolute Gasteiger partial charge is 0.494 e. The van der Waals surface area contributed by atoms with E-state index in [9.17, 15) is 4.79 Å². The minimum absolute atomic E-state index is 0.0227. The van der Waals surface area contributed by atoms with E-state index >= 15 is 0 Å². The molecule has 1 saturated heterocycles. The van der Waals surface area contributed by atoms with E-state index in [0.29, 0.717) is 31.5 Å². The number of nitrogens with zero attached hydrogens (tertiary/aromatic N) is 1. The molecule has 1 amide bonds. The molecule has 22 heavy (non-hydrogen) atoms. The van der Waals surface area contributed by atoms with Crippen LogP contribution in [0.3, 0.4) is 0 Å². The van der Waals surface area contributed by atoms with E-state index in [4.69, 9.17) is 10.5 Å². The molecule has 0 radical (unpaired) electrons. The third kappa shape index (κ3) is 4.71. The highest BCUT2D eigenvalue weighted by Crippen LogP contribution is 2.22. The van der Waals surface area contributed by atoms with Crippen molar-refractivity contribution in [1.29, 1.82) is 0 Å². The van der Waals surface area contributed by atoms with Crippen molar-refractivity contribution in [2.45, 2.75) is 20.3 Å². The van der Waals surface area contributed by atoms with Crippen LogP contribution in [-0.4, -0.2) is 43.6 Å². The highest BCUT2D eigenvalue weighted by molar-refractivity contribution is 5.92. The molecule has 5 nitrogen and oxygen atoms in total. The number of rotatable bonds is 6. The Balaban J connectivity index is 1.82. The zero-order chi connectivity index (χ0) is 15.9. The second kappa shape index (κ2) is 8.15. The molecule has 1 aromatic rings. The van der Waals surface area contributed by atoms with Crippen LogP contribution in [0.1, 0.15) is 20.3 Å². The molecule has 0 aromatic heterocycles. The number of ether oxygens (including phenoxy) is 1. The molecule has 0 aliphatic carbocycles. The number of nitrogens with two attached hydrogens (primary N) is 1. The fourth-order valence-electron chi connectivity index (χ4n) is 2.88. The van der Waals surface area contributed by atoms with Crippen LogP contribution in [-0.2, 0) is 4.79 Å². The third-order valence-corrected chi connectivity index (χ3v) is 4.32. The fraction of sp³-hybridized carbons (Fsp3) is 0.588. The van der Waals surface area contributed by atoms with Crippen molar-refractivity contribution >= 4 is 11.6 Å². The van der Waals surface area contributed by atoms with E-state index in [0.717, 1.165) is 30.9 Å². The lowest BCUT2D eigenvalue weighted by Gasteiger charge is -2.36. The summed E-state index contributed by atoms with van der Waals surface area (Å²) in [6.07, 6.45) is 1.11. The highest BCUT2D eigenvalue weighted by Gasteiger charge is 2.26. The number of carbonyl (C=O) groups excluding carboxylic acids is 1. The average molecular weight is 305 g/mol. The number of amides is 1. The van der Waals surface area contributed by atoms with Gasteiger partial charge in [-0.15, -0.1) is 0 Å². The Bertz CT molecular complexity index is 475. The normalized spacial score (nSPS) is 22.3. The molecule has 3 N–H and O–H groups in total. The Morgan fingerprint density at radius 3 is 2.77 bits per heavy atom. The minimum atomic E-state index is 0.0227. The summed E-state index contributed by atoms with van der Waals surface area (Å²) in [4.78, 5) is 14.3. The van der Waals surface area contributed by atoms with E-state index < -0.39 is 0 Å². The van der Waals surface area contributed by atoms with Crippen LogP contribution in [0.2, 0.25) is 0 Å². The molecule has 122 valence electrons. The second-order valence-corrected chi connectivity index (χ2v) is 6.00. The van der Waals surface area contributed by atoms with E-state index in [1.165, 1.54) is 0 Å². The predicted octanol–water partition coefficient (Wildman–Crippen LogP) is 1.94. The molecule has 0 bridgehead atoms. The Hall–Kier alpha value is -1.59. The topological polar surface area (TPSA) is 67.6 Å². The summed E-state index contributed by atoms with van der Waals surface area (Å²) >= 11 is 0. The summed E-state index contributed by atoms with van der Waals surface area (Å²) in [6.45, 7) is 7.83. The molecule has 1 heterocycles. The van der Waals surface area contributed by atoms with Crippen molar-refractivity contribution < 1.29 is 9.53 Å². The minimum Gasteiger partial charge on any atom is -0.494 e. The quantitative estimate of drug-likeness (QED) is 0.843. The lowest BCUT2D eigenvalue weighted by Crippen LogP contribution is -2.45. The van der Waals surface area contributed by atoms with E-state index in [1.807, 2.05) is 31.2 Å². The number of anilines is 1. The summed E-state index contributed by atoms with van der Waals surface area (Å²) in [5.41, 5.74) is 6.61. The lowest BCUT2D eigenvalue weighted by molar-refractivity contribution is -0.117. The van der Waals surface area contributed by atoms with Gasteiger partial charge in [-0.3, -0.25) is 9.69 Å². The molecule has 2 unspecified atom stereocenters. The summed E-state index contributed by atoms with van der Waals surface area (Å²) < 4.78 is 5.39. The summed E-state index contributed by atoms with van der Waals surface area (Å²) in [6, 6.07) is 7.46. The van der Waals surface area contributed by atoms with Gasteiger partial charge in [0, 0.05) is 12.2 Å². The first-order valence-corrected chi connectivity index (χ1v) is 8.07. The SMILES string of the molecule is CCOc1ccc(NC(=O)CN2CCC(C)C(CN)C2)cc1. The first-order chi connectivity index (χ1) is 10.6. The molecule has 2 atom stereocenters. The first kappa shape index (κ1) is 16.8. The molecule has 5 heteroatoms. The lowest BCUT2D eigenvalue weighted by atomic mass is 9.87. The van der Waals surface area contributed by atoms with Gasteiger partial charge in [0.15, 0.2) is 0 Å². The molecule has 1 aliphatic rings. The second-order valence-electron chi connectivity index (χ2n) is 6.00. The Morgan fingerprint density at radius 2 is 2.14 bits per heavy atom. The maximum absolute atomic E-state index is 12.2. The Morgan fingerprint density at radius 1 is 1.41 bits per heavy atom. The van der Waals surface area contributed by atoms with Crippen molar-refractivity contribution in [2.24, 2.45) is 17.6 Å². The molecule has 1 aliphatic heterocycles. The van der Waals surface area contributed by atoms with Crippen LogP contribution < -0.4 is 15.8 Å². The van der Waals surface area contributed by atoms with Crippen LogP contribution in [0.15, 0.2) is 24.3 Å². The third-order valence-electron chi connectivity index (χ3n) is 4.32. The van der Waals surface area contributed by atoms with E-state index in [2.05, 4.69) is 17.1 Å². The van der Waals surface area contributed by atoms with Gasteiger partial charge >= 0.3 is 0 Å². The van der Waals surface area contributed by atoms with Crippen LogP contribution >= 0.6 is 0 Å². The number of likely N-dealkylation sites (tertiary alicyclic amines) is 1. The van der Waals surface area contributed by atoms with Gasteiger partial charge in [0.2, 0.25) is 5.91 Å². The van der Waals surface area contributed by atoms with E-state index in [-0.39, 0.29) is 5.91 Å². The van der Waals surface area contributed by atoms with Gasteiger partial charge in [-0.25, -0.2) is 0 Å². The van der Waals surface area contributed by atoms with Gasteiger partial charge in [-0.1, -0.05) is 6.92 Å². The molecule has 1 aromatic carbocycles. The van der Waals surface area contributed by atoms with Crippen LogP contribution in [0.4, 0.5) is 5.69 Å². The first-order valence-electron chi connectivity index (χ1n) is 8.07. The van der Waals surface area contributed by atoms with Crippen molar-refractivity contribution in [2.75, 3.05) is 38.1 Å². The average Bonchev–Trinajstić information content (AvgIpc) is 2.51. The predicted molar refractivity (Wildman–Crippen MR) is 89.0 cm³/mol. The number of benzene rings is 1. The van der Waals surface area contributed by atoms with Crippen LogP contribution in [0.25, 0.3) is 0 Å². The van der Waals surface area contributed by atoms with Crippen molar-refractivity contribution in [3.63, 3.8) is 0 Å². The maximum atomic E-state index is 12.2. The maximum Gasteiger partial charge on any atom is 0.238 e. The molecule has 1 fully saturated rings. The number of piperidine rings is 1. The van der Waals surface area contributed by atoms with Crippen molar-refractivity contribution in [1.82, 2.24) is 4.90 Å². The number of nitrogens with one attached hydrogen (secondary N) is 1. The number of hydrogen-bond donors (Lipinski definition) is 2. The fourth-order valence-corrected chi connectivity index (χ4v) is 2.88. The van der Waals surface area contributed by atoms with Gasteiger partial charge in [-0.05, 0) is 62.5 Å². The molecule has 2 rings (SSSR count). The van der Waals surface area contributed by atoms with Crippen LogP contribution in [0, 0.1) is 11.8 Å². The standard InChI is InChI=1S/C17H27N3O2/c1-3-22-16-6-4-15(5-7-16)19-17(21)12-20-9-8-13(2)14(10-18)11-20/h4-7,13-14H,3,8-12,18H2,1-2H3,(H,19,21). The number of carbonyl (C=O) groups is 1. The van der Waals surface area contributed by atoms with Gasteiger partial charge < -0.3 is 15.8 Å². The Labute approximate surface area is 132 Å². The smallest absolute Gasteiger partial charge is 0.238 e. The highest BCUT2D eigenvalue weighted by atomic mass is 16.5. The van der Waals surface area contributed by atoms with Crippen molar-refractivity contribution in [3.05, 3.63) is 24.3 Å². The molecular weight excluding hydrogens is 278 g/mol. The van der Waals surface area contributed by atoms with Gasteiger partial charge in [-0.2, -0.15) is 0 Å². The monoisotopic (exact) mass is 305 g/mol. The van der Waals surface area contributed by atoms with Crippen molar-refractivity contribution in [3.8, 4) is 5.75 Å². The molecular formula is C17H27N3O2. The molecule has 0 saturated carbocycles. The van der Waals surface area contributed by atoms with Gasteiger partial charge in [0.25, 0.3) is 0 Å². The van der Waals surface area contributed by atoms with Gasteiger partial charge in [0.1, 0.15) is 5.75 Å². The zero-order valence-electron chi connectivity index (χ0n) is 13.5. The number of hydrogen-bond acceptors (Lipinski definition) is 4.